The van der Waals surface area contributed by atoms with Crippen molar-refractivity contribution in [2.24, 2.45) is 29.1 Å². The van der Waals surface area contributed by atoms with Gasteiger partial charge in [0.05, 0.1) is 11.6 Å². The minimum absolute atomic E-state index is 0.00851. The van der Waals surface area contributed by atoms with Crippen molar-refractivity contribution in [1.82, 2.24) is 9.88 Å². The molecule has 2 aliphatic carbocycles. The average molecular weight is 460 g/mol. The number of fused-ring (bicyclic) bond motifs is 4. The van der Waals surface area contributed by atoms with E-state index in [9.17, 15) is 14.4 Å². The Morgan fingerprint density at radius 1 is 1.19 bits per heavy atom. The van der Waals surface area contributed by atoms with E-state index in [2.05, 4.69) is 19.2 Å². The Morgan fingerprint density at radius 3 is 2.59 bits per heavy atom. The van der Waals surface area contributed by atoms with Crippen LogP contribution in [0.25, 0.3) is 0 Å². The molecule has 3 fully saturated rings. The zero-order chi connectivity index (χ0) is 22.8. The van der Waals surface area contributed by atoms with Gasteiger partial charge in [0.2, 0.25) is 11.8 Å². The molecule has 2 saturated heterocycles. The highest BCUT2D eigenvalue weighted by Gasteiger charge is 2.58. The van der Waals surface area contributed by atoms with Gasteiger partial charge in [0.15, 0.2) is 5.13 Å². The van der Waals surface area contributed by atoms with E-state index in [4.69, 9.17) is 9.72 Å². The molecule has 0 spiro atoms. The van der Waals surface area contributed by atoms with Crippen molar-refractivity contribution in [3.05, 3.63) is 10.6 Å². The van der Waals surface area contributed by atoms with Crippen molar-refractivity contribution in [3.63, 3.8) is 0 Å². The molecule has 32 heavy (non-hydrogen) atoms. The number of hydrogen-bond acceptors (Lipinski definition) is 6. The third kappa shape index (κ3) is 3.45. The molecule has 1 aromatic rings. The van der Waals surface area contributed by atoms with Crippen molar-refractivity contribution in [2.45, 2.75) is 71.8 Å². The number of rotatable bonds is 2. The number of amides is 2. The number of hydrogen-bond donors (Lipinski definition) is 1. The molecule has 0 bridgehead atoms. The maximum atomic E-state index is 12.9. The van der Waals surface area contributed by atoms with Crippen LogP contribution in [0.15, 0.2) is 0 Å². The summed E-state index contributed by atoms with van der Waals surface area (Å²) in [5.41, 5.74) is 1.15. The predicted octanol–water partition coefficient (Wildman–Crippen LogP) is 3.59. The molecule has 174 valence electrons. The van der Waals surface area contributed by atoms with Gasteiger partial charge in [-0.1, -0.05) is 20.8 Å². The summed E-state index contributed by atoms with van der Waals surface area (Å²) in [5.74, 6) is 0.702. The van der Waals surface area contributed by atoms with Gasteiger partial charge in [0.1, 0.15) is 6.10 Å². The van der Waals surface area contributed by atoms with E-state index in [0.717, 1.165) is 25.0 Å². The Bertz CT molecular complexity index is 953. The number of thiazole rings is 1. The molecule has 8 heteroatoms. The van der Waals surface area contributed by atoms with Crippen molar-refractivity contribution in [3.8, 4) is 0 Å². The number of likely N-dealkylation sites (tertiary alicyclic amines) is 1. The normalized spacial score (nSPS) is 36.7. The van der Waals surface area contributed by atoms with Crippen LogP contribution in [0.5, 0.6) is 0 Å². The largest absolute Gasteiger partial charge is 0.461 e. The number of carbonyl (C=O) groups excluding carboxylic acids is 3. The van der Waals surface area contributed by atoms with Crippen LogP contribution in [0.4, 0.5) is 5.13 Å². The van der Waals surface area contributed by atoms with Crippen molar-refractivity contribution in [1.29, 1.82) is 0 Å². The molecule has 1 N–H and O–H groups in total. The number of nitrogens with one attached hydrogen (secondary N) is 1. The minimum Gasteiger partial charge on any atom is -0.461 e. The van der Waals surface area contributed by atoms with E-state index in [1.165, 1.54) is 4.88 Å². The molecule has 2 aliphatic heterocycles. The van der Waals surface area contributed by atoms with Gasteiger partial charge in [0, 0.05) is 48.6 Å². The molecule has 3 heterocycles. The van der Waals surface area contributed by atoms with Crippen LogP contribution < -0.4 is 5.32 Å². The summed E-state index contributed by atoms with van der Waals surface area (Å²) in [7, 11) is 0. The molecule has 1 aromatic heterocycles. The van der Waals surface area contributed by atoms with Gasteiger partial charge in [-0.15, -0.1) is 11.3 Å². The summed E-state index contributed by atoms with van der Waals surface area (Å²) in [4.78, 5) is 44.6. The first-order valence-corrected chi connectivity index (χ1v) is 12.8. The molecule has 5 rings (SSSR count). The highest BCUT2D eigenvalue weighted by atomic mass is 32.1. The summed E-state index contributed by atoms with van der Waals surface area (Å²) < 4.78 is 5.91. The van der Waals surface area contributed by atoms with Gasteiger partial charge in [-0.3, -0.25) is 14.4 Å². The monoisotopic (exact) mass is 459 g/mol. The molecular formula is C24H33N3O4S. The number of piperidine rings is 1. The third-order valence-electron chi connectivity index (χ3n) is 8.70. The van der Waals surface area contributed by atoms with Crippen LogP contribution in [-0.4, -0.2) is 46.9 Å². The van der Waals surface area contributed by atoms with Crippen molar-refractivity contribution in [2.75, 3.05) is 18.4 Å². The van der Waals surface area contributed by atoms with Gasteiger partial charge in [-0.2, -0.15) is 0 Å². The second-order valence-corrected chi connectivity index (χ2v) is 11.7. The van der Waals surface area contributed by atoms with E-state index >= 15 is 0 Å². The molecule has 2 amide bonds. The lowest BCUT2D eigenvalue weighted by atomic mass is 9.54. The first-order valence-electron chi connectivity index (χ1n) is 11.9. The smallest absolute Gasteiger partial charge is 0.309 e. The summed E-state index contributed by atoms with van der Waals surface area (Å²) in [6, 6.07) is 0. The van der Waals surface area contributed by atoms with Crippen LogP contribution in [0.3, 0.4) is 0 Å². The second-order valence-electron chi connectivity index (χ2n) is 10.6. The average Bonchev–Trinajstić information content (AvgIpc) is 3.27. The van der Waals surface area contributed by atoms with Crippen molar-refractivity contribution >= 4 is 34.3 Å². The van der Waals surface area contributed by atoms with E-state index in [-0.39, 0.29) is 53.0 Å². The number of nitrogens with zero attached hydrogens (tertiary/aromatic N) is 2. The topological polar surface area (TPSA) is 88.6 Å². The van der Waals surface area contributed by atoms with E-state index in [1.54, 1.807) is 23.2 Å². The lowest BCUT2D eigenvalue weighted by Crippen LogP contribution is -2.50. The number of ether oxygens (including phenoxy) is 1. The Morgan fingerprint density at radius 2 is 1.91 bits per heavy atom. The minimum atomic E-state index is -0.0794. The van der Waals surface area contributed by atoms with Crippen molar-refractivity contribution < 1.29 is 19.1 Å². The molecule has 0 unspecified atom stereocenters. The molecule has 6 atom stereocenters. The zero-order valence-electron chi connectivity index (χ0n) is 19.3. The molecule has 0 radical (unpaired) electrons. The van der Waals surface area contributed by atoms with Crippen LogP contribution in [0.1, 0.15) is 69.9 Å². The summed E-state index contributed by atoms with van der Waals surface area (Å²) in [6.45, 7) is 9.41. The molecule has 1 saturated carbocycles. The summed E-state index contributed by atoms with van der Waals surface area (Å²) in [5, 5.41) is 3.74. The lowest BCUT2D eigenvalue weighted by molar-refractivity contribution is -0.149. The van der Waals surface area contributed by atoms with Gasteiger partial charge in [0.25, 0.3) is 0 Å². The van der Waals surface area contributed by atoms with Crippen LogP contribution in [-0.2, 0) is 25.5 Å². The number of anilines is 1. The van der Waals surface area contributed by atoms with Gasteiger partial charge in [-0.25, -0.2) is 4.98 Å². The van der Waals surface area contributed by atoms with Gasteiger partial charge < -0.3 is 15.0 Å². The fraction of sp³-hybridized carbons (Fsp3) is 0.750. The highest BCUT2D eigenvalue weighted by Crippen LogP contribution is 2.59. The van der Waals surface area contributed by atoms with Gasteiger partial charge >= 0.3 is 5.97 Å². The zero-order valence-corrected chi connectivity index (χ0v) is 20.2. The fourth-order valence-electron chi connectivity index (χ4n) is 6.80. The van der Waals surface area contributed by atoms with Crippen LogP contribution >= 0.6 is 11.3 Å². The Balaban J connectivity index is 1.32. The summed E-state index contributed by atoms with van der Waals surface area (Å²) in [6.07, 6.45) is 4.42. The lowest BCUT2D eigenvalue weighted by Gasteiger charge is -2.51. The highest BCUT2D eigenvalue weighted by molar-refractivity contribution is 7.15. The predicted molar refractivity (Wildman–Crippen MR) is 121 cm³/mol. The van der Waals surface area contributed by atoms with E-state index in [0.29, 0.717) is 37.0 Å². The maximum Gasteiger partial charge on any atom is 0.309 e. The van der Waals surface area contributed by atoms with Crippen LogP contribution in [0.2, 0.25) is 0 Å². The first-order chi connectivity index (χ1) is 15.2. The fourth-order valence-corrected chi connectivity index (χ4v) is 8.06. The molecule has 4 aliphatic rings. The number of aromatic nitrogens is 1. The third-order valence-corrected chi connectivity index (χ3v) is 9.69. The second kappa shape index (κ2) is 7.82. The van der Waals surface area contributed by atoms with Crippen LogP contribution in [0, 0.1) is 29.1 Å². The Labute approximate surface area is 193 Å². The molecular weight excluding hydrogens is 426 g/mol. The Hall–Kier alpha value is -1.96. The quantitative estimate of drug-likeness (QED) is 0.683. The van der Waals surface area contributed by atoms with E-state index in [1.807, 2.05) is 6.92 Å². The summed E-state index contributed by atoms with van der Waals surface area (Å²) >= 11 is 1.60. The SMILES string of the molecule is CC(=O)N1CCC(C(=O)Nc2nc3c(s2)C[C@]2(C)CC[C@@H]4[C@H](OC(=O)[C@H]4C)[C@H]2[C@@H]3C)CC1. The number of esters is 1. The maximum absolute atomic E-state index is 12.9. The standard InChI is InChI=1S/C24H33N3O4S/c1-12-16-5-8-24(4)11-17-19(13(2)18(24)20(16)31-22(12)30)25-23(32-17)26-21(29)15-6-9-27(10-7-15)14(3)28/h12-13,15-16,18,20H,5-11H2,1-4H3,(H,25,26,29)/t12-,13-,16-,18+,20-,24-/m0/s1. The molecule has 0 aromatic carbocycles. The molecule has 7 nitrogen and oxygen atoms in total. The first kappa shape index (κ1) is 21.9. The van der Waals surface area contributed by atoms with E-state index < -0.39 is 0 Å². The Kier molecular flexibility index (Phi) is 5.34. The van der Waals surface area contributed by atoms with Gasteiger partial charge in [-0.05, 0) is 37.5 Å². The number of carbonyl (C=O) groups is 3.